The van der Waals surface area contributed by atoms with Crippen LogP contribution in [0.2, 0.25) is 0 Å². The van der Waals surface area contributed by atoms with Crippen LogP contribution < -0.4 is 14.9 Å². The molecule has 9 heteroatoms. The summed E-state index contributed by atoms with van der Waals surface area (Å²) in [6.45, 7) is 1.80. The summed E-state index contributed by atoms with van der Waals surface area (Å²) in [6, 6.07) is 17.3. The molecule has 0 aliphatic rings. The number of nitrogens with zero attached hydrogens (tertiary/aromatic N) is 2. The van der Waals surface area contributed by atoms with E-state index in [4.69, 9.17) is 5.26 Å². The van der Waals surface area contributed by atoms with Crippen molar-refractivity contribution in [1.82, 2.24) is 0 Å². The normalized spacial score (nSPS) is 10.7. The third-order valence-corrected chi connectivity index (χ3v) is 5.51. The summed E-state index contributed by atoms with van der Waals surface area (Å²) in [5.74, 6) is -0.608. The molecule has 2 amide bonds. The summed E-state index contributed by atoms with van der Waals surface area (Å²) in [5.41, 5.74) is 1.58. The Kier molecular flexibility index (Phi) is 8.38. The molecule has 2 aromatic carbocycles. The standard InChI is InChI=1S/C21H24N4O4S/c1-2-30(28,29)24-18-11-9-17(10-12-18)23-20(26)13-14-21(27)25(16-6-15-22)19-7-4-3-5-8-19/h3-5,7-12,24H,2,6,13-14,16H2,1H3,(H,23,26). The molecule has 0 saturated heterocycles. The summed E-state index contributed by atoms with van der Waals surface area (Å²) in [7, 11) is -3.36. The largest absolute Gasteiger partial charge is 0.326 e. The van der Waals surface area contributed by atoms with Gasteiger partial charge in [-0.2, -0.15) is 5.26 Å². The highest BCUT2D eigenvalue weighted by atomic mass is 32.2. The molecular formula is C21H24N4O4S. The van der Waals surface area contributed by atoms with Crippen molar-refractivity contribution in [2.24, 2.45) is 0 Å². The Morgan fingerprint density at radius 2 is 1.63 bits per heavy atom. The van der Waals surface area contributed by atoms with Crippen LogP contribution in [-0.2, 0) is 19.6 Å². The average Bonchev–Trinajstić information content (AvgIpc) is 2.74. The molecule has 0 bridgehead atoms. The van der Waals surface area contributed by atoms with Crippen LogP contribution in [0.5, 0.6) is 0 Å². The van der Waals surface area contributed by atoms with Crippen molar-refractivity contribution in [1.29, 1.82) is 5.26 Å². The number of benzene rings is 2. The summed E-state index contributed by atoms with van der Waals surface area (Å²) in [5, 5.41) is 11.5. The van der Waals surface area contributed by atoms with Gasteiger partial charge in [-0.1, -0.05) is 18.2 Å². The van der Waals surface area contributed by atoms with E-state index in [0.717, 1.165) is 0 Å². The number of sulfonamides is 1. The highest BCUT2D eigenvalue weighted by molar-refractivity contribution is 7.92. The van der Waals surface area contributed by atoms with Gasteiger partial charge >= 0.3 is 0 Å². The minimum atomic E-state index is -3.36. The van der Waals surface area contributed by atoms with Crippen LogP contribution in [0.1, 0.15) is 26.2 Å². The van der Waals surface area contributed by atoms with E-state index in [0.29, 0.717) is 17.1 Å². The van der Waals surface area contributed by atoms with Crippen LogP contribution in [0.3, 0.4) is 0 Å². The molecule has 0 spiro atoms. The molecule has 8 nitrogen and oxygen atoms in total. The number of carbonyl (C=O) groups excluding carboxylic acids is 2. The second kappa shape index (κ2) is 11.0. The fourth-order valence-corrected chi connectivity index (χ4v) is 3.26. The quantitative estimate of drug-likeness (QED) is 0.602. The molecule has 0 unspecified atom stereocenters. The van der Waals surface area contributed by atoms with Gasteiger partial charge in [0, 0.05) is 36.4 Å². The van der Waals surface area contributed by atoms with Crippen molar-refractivity contribution < 1.29 is 18.0 Å². The smallest absolute Gasteiger partial charge is 0.232 e. The average molecular weight is 429 g/mol. The second-order valence-corrected chi connectivity index (χ2v) is 8.43. The summed E-state index contributed by atoms with van der Waals surface area (Å²) in [4.78, 5) is 26.3. The lowest BCUT2D eigenvalue weighted by atomic mass is 10.2. The van der Waals surface area contributed by atoms with Crippen LogP contribution in [0.15, 0.2) is 54.6 Å². The molecule has 0 saturated carbocycles. The van der Waals surface area contributed by atoms with Crippen LogP contribution in [0.25, 0.3) is 0 Å². The lowest BCUT2D eigenvalue weighted by Gasteiger charge is -2.21. The van der Waals surface area contributed by atoms with Crippen LogP contribution in [0, 0.1) is 11.3 Å². The van der Waals surface area contributed by atoms with Crippen molar-refractivity contribution in [2.75, 3.05) is 27.2 Å². The van der Waals surface area contributed by atoms with Gasteiger partial charge in [0.2, 0.25) is 21.8 Å². The lowest BCUT2D eigenvalue weighted by molar-refractivity contribution is -0.122. The highest BCUT2D eigenvalue weighted by Gasteiger charge is 2.17. The molecule has 0 atom stereocenters. The van der Waals surface area contributed by atoms with Crippen molar-refractivity contribution >= 4 is 38.9 Å². The van der Waals surface area contributed by atoms with Gasteiger partial charge in [0.1, 0.15) is 0 Å². The number of amides is 2. The molecule has 30 heavy (non-hydrogen) atoms. The fourth-order valence-electron chi connectivity index (χ4n) is 2.62. The second-order valence-electron chi connectivity index (χ2n) is 6.42. The lowest BCUT2D eigenvalue weighted by Crippen LogP contribution is -2.32. The van der Waals surface area contributed by atoms with E-state index in [1.807, 2.05) is 12.1 Å². The molecule has 2 aromatic rings. The van der Waals surface area contributed by atoms with E-state index in [2.05, 4.69) is 10.0 Å². The number of nitrogens with one attached hydrogen (secondary N) is 2. The van der Waals surface area contributed by atoms with Gasteiger partial charge in [0.25, 0.3) is 0 Å². The van der Waals surface area contributed by atoms with Gasteiger partial charge in [0.15, 0.2) is 0 Å². The van der Waals surface area contributed by atoms with Gasteiger partial charge in [-0.15, -0.1) is 0 Å². The van der Waals surface area contributed by atoms with E-state index < -0.39 is 10.0 Å². The van der Waals surface area contributed by atoms with E-state index in [1.165, 1.54) is 11.8 Å². The Morgan fingerprint density at radius 1 is 1.00 bits per heavy atom. The predicted octanol–water partition coefficient (Wildman–Crippen LogP) is 3.11. The number of hydrogen-bond donors (Lipinski definition) is 2. The minimum Gasteiger partial charge on any atom is -0.326 e. The first-order valence-electron chi connectivity index (χ1n) is 9.47. The highest BCUT2D eigenvalue weighted by Crippen LogP contribution is 2.17. The van der Waals surface area contributed by atoms with Crippen molar-refractivity contribution in [2.45, 2.75) is 26.2 Å². The van der Waals surface area contributed by atoms with E-state index in [-0.39, 0.29) is 43.4 Å². The van der Waals surface area contributed by atoms with Gasteiger partial charge in [-0.05, 0) is 43.3 Å². The Balaban J connectivity index is 1.91. The van der Waals surface area contributed by atoms with Gasteiger partial charge in [-0.3, -0.25) is 14.3 Å². The summed E-state index contributed by atoms with van der Waals surface area (Å²) < 4.78 is 25.6. The van der Waals surface area contributed by atoms with Crippen molar-refractivity contribution in [3.8, 4) is 6.07 Å². The minimum absolute atomic E-state index is 0.000535. The van der Waals surface area contributed by atoms with E-state index in [1.54, 1.807) is 48.5 Å². The number of anilines is 3. The van der Waals surface area contributed by atoms with Gasteiger partial charge in [-0.25, -0.2) is 8.42 Å². The first-order chi connectivity index (χ1) is 14.3. The molecule has 0 heterocycles. The number of para-hydroxylation sites is 1. The summed E-state index contributed by atoms with van der Waals surface area (Å²) >= 11 is 0. The molecule has 0 aromatic heterocycles. The molecule has 2 rings (SSSR count). The maximum absolute atomic E-state index is 12.6. The molecule has 0 aliphatic heterocycles. The number of carbonyl (C=O) groups is 2. The molecule has 0 fully saturated rings. The van der Waals surface area contributed by atoms with Crippen molar-refractivity contribution in [3.63, 3.8) is 0 Å². The maximum atomic E-state index is 12.6. The predicted molar refractivity (Wildman–Crippen MR) is 116 cm³/mol. The van der Waals surface area contributed by atoms with Crippen LogP contribution >= 0.6 is 0 Å². The topological polar surface area (TPSA) is 119 Å². The Morgan fingerprint density at radius 3 is 2.23 bits per heavy atom. The Labute approximate surface area is 176 Å². The number of hydrogen-bond acceptors (Lipinski definition) is 5. The first-order valence-corrected chi connectivity index (χ1v) is 11.1. The molecular weight excluding hydrogens is 404 g/mol. The SMILES string of the molecule is CCS(=O)(=O)Nc1ccc(NC(=O)CCC(=O)N(CCC#N)c2ccccc2)cc1. The molecule has 0 radical (unpaired) electrons. The maximum Gasteiger partial charge on any atom is 0.232 e. The third-order valence-electron chi connectivity index (χ3n) is 4.20. The first kappa shape index (κ1) is 22.9. The molecule has 2 N–H and O–H groups in total. The van der Waals surface area contributed by atoms with Crippen LogP contribution in [0.4, 0.5) is 17.1 Å². The Hall–Kier alpha value is -3.38. The zero-order valence-electron chi connectivity index (χ0n) is 16.7. The molecule has 0 aliphatic carbocycles. The van der Waals surface area contributed by atoms with E-state index >= 15 is 0 Å². The van der Waals surface area contributed by atoms with Gasteiger partial charge < -0.3 is 10.2 Å². The Bertz CT molecular complexity index is 1000. The zero-order chi connectivity index (χ0) is 22.0. The number of rotatable bonds is 10. The van der Waals surface area contributed by atoms with Gasteiger partial charge in [0.05, 0.1) is 18.2 Å². The number of nitriles is 1. The third kappa shape index (κ3) is 7.22. The fraction of sp³-hybridized carbons (Fsp3) is 0.286. The summed E-state index contributed by atoms with van der Waals surface area (Å²) in [6.07, 6.45) is 0.181. The zero-order valence-corrected chi connectivity index (χ0v) is 17.5. The molecule has 158 valence electrons. The van der Waals surface area contributed by atoms with E-state index in [9.17, 15) is 18.0 Å². The van der Waals surface area contributed by atoms with Crippen molar-refractivity contribution in [3.05, 3.63) is 54.6 Å². The van der Waals surface area contributed by atoms with Crippen LogP contribution in [-0.4, -0.2) is 32.5 Å². The monoisotopic (exact) mass is 428 g/mol.